The summed E-state index contributed by atoms with van der Waals surface area (Å²) in [6, 6.07) is 3.79. The molecule has 0 saturated carbocycles. The Morgan fingerprint density at radius 3 is 2.54 bits per heavy atom. The average Bonchev–Trinajstić information content (AvgIpc) is 2.66. The van der Waals surface area contributed by atoms with Gasteiger partial charge in [-0.15, -0.1) is 0 Å². The van der Waals surface area contributed by atoms with Crippen molar-refractivity contribution in [3.05, 3.63) is 53.3 Å². The van der Waals surface area contributed by atoms with E-state index in [4.69, 9.17) is 4.74 Å². The van der Waals surface area contributed by atoms with Crippen molar-refractivity contribution in [3.8, 4) is 5.75 Å². The molecule has 1 aliphatic rings. The highest BCUT2D eigenvalue weighted by Crippen LogP contribution is 2.33. The molecule has 2 N–H and O–H groups in total. The molecule has 0 saturated heterocycles. The molecule has 1 atom stereocenters. The summed E-state index contributed by atoms with van der Waals surface area (Å²) < 4.78 is 72.8. The molecule has 138 valence electrons. The zero-order chi connectivity index (χ0) is 19.1. The lowest BCUT2D eigenvalue weighted by molar-refractivity contribution is 0.101. The van der Waals surface area contributed by atoms with Gasteiger partial charge in [-0.25, -0.2) is 26.3 Å². The molecule has 0 radical (unpaired) electrons. The van der Waals surface area contributed by atoms with E-state index in [1.54, 1.807) is 6.92 Å². The smallest absolute Gasteiger partial charge is 0.262 e. The minimum absolute atomic E-state index is 0.124. The van der Waals surface area contributed by atoms with Gasteiger partial charge in [-0.05, 0) is 31.2 Å². The van der Waals surface area contributed by atoms with Crippen LogP contribution in [0.25, 0.3) is 0 Å². The molecule has 1 amide bonds. The number of fused-ring (bicyclic) bond motifs is 1. The maximum Gasteiger partial charge on any atom is 0.262 e. The summed E-state index contributed by atoms with van der Waals surface area (Å²) >= 11 is 0. The molecule has 0 bridgehead atoms. The maximum atomic E-state index is 14.3. The van der Waals surface area contributed by atoms with Gasteiger partial charge in [0.05, 0.1) is 6.04 Å². The number of rotatable bonds is 2. The third-order valence-corrected chi connectivity index (χ3v) is 5.21. The zero-order valence-electron chi connectivity index (χ0n) is 13.3. The van der Waals surface area contributed by atoms with E-state index in [2.05, 4.69) is 10.0 Å². The summed E-state index contributed by atoms with van der Waals surface area (Å²) in [5.41, 5.74) is -0.777. The average molecular weight is 386 g/mol. The van der Waals surface area contributed by atoms with Crippen molar-refractivity contribution < 1.29 is 31.1 Å². The maximum absolute atomic E-state index is 14.3. The van der Waals surface area contributed by atoms with E-state index < -0.39 is 55.6 Å². The second kappa shape index (κ2) is 6.61. The van der Waals surface area contributed by atoms with Crippen molar-refractivity contribution in [2.24, 2.45) is 0 Å². The number of hydrogen-bond acceptors (Lipinski definition) is 4. The van der Waals surface area contributed by atoms with E-state index in [0.717, 1.165) is 24.3 Å². The van der Waals surface area contributed by atoms with Crippen LogP contribution in [0.4, 0.5) is 18.9 Å². The molecule has 0 aliphatic carbocycles. The van der Waals surface area contributed by atoms with Crippen molar-refractivity contribution in [2.45, 2.75) is 17.9 Å². The van der Waals surface area contributed by atoms with Gasteiger partial charge in [0, 0.05) is 11.8 Å². The van der Waals surface area contributed by atoms with Gasteiger partial charge < -0.3 is 10.1 Å². The van der Waals surface area contributed by atoms with Crippen molar-refractivity contribution in [1.29, 1.82) is 0 Å². The van der Waals surface area contributed by atoms with Crippen molar-refractivity contribution in [2.75, 3.05) is 11.9 Å². The number of hydrogen-bond donors (Lipinski definition) is 2. The number of nitrogens with one attached hydrogen (secondary N) is 2. The van der Waals surface area contributed by atoms with Crippen molar-refractivity contribution in [3.63, 3.8) is 0 Å². The molecule has 6 nitrogen and oxygen atoms in total. The van der Waals surface area contributed by atoms with Gasteiger partial charge in [0.15, 0.2) is 17.4 Å². The van der Waals surface area contributed by atoms with Crippen LogP contribution in [0.2, 0.25) is 0 Å². The summed E-state index contributed by atoms with van der Waals surface area (Å²) in [4.78, 5) is 12.1. The van der Waals surface area contributed by atoms with Gasteiger partial charge >= 0.3 is 0 Å². The SMILES string of the molecule is CC1COc2c(ccc(F)c2C(=O)Nc2ccc(F)c(F)c2)S(=O)(=O)N1. The van der Waals surface area contributed by atoms with Crippen LogP contribution in [-0.4, -0.2) is 27.0 Å². The first-order valence-corrected chi connectivity index (χ1v) is 8.91. The van der Waals surface area contributed by atoms with Gasteiger partial charge in [0.1, 0.15) is 22.9 Å². The van der Waals surface area contributed by atoms with Gasteiger partial charge in [-0.1, -0.05) is 0 Å². The highest BCUT2D eigenvalue weighted by atomic mass is 32.2. The predicted molar refractivity (Wildman–Crippen MR) is 86.0 cm³/mol. The number of benzene rings is 2. The van der Waals surface area contributed by atoms with Crippen LogP contribution in [0.5, 0.6) is 5.75 Å². The standard InChI is InChI=1S/C16H13F3N2O4S/c1-8-7-25-15-13(26(23,24)21-8)5-4-11(18)14(15)16(22)20-9-2-3-10(17)12(19)6-9/h2-6,8,21H,7H2,1H3,(H,20,22). The number of anilines is 1. The first-order valence-electron chi connectivity index (χ1n) is 7.43. The zero-order valence-corrected chi connectivity index (χ0v) is 14.2. The molecular formula is C16H13F3N2O4S. The Kier molecular flexibility index (Phi) is 4.63. The van der Waals surface area contributed by atoms with Crippen LogP contribution in [0.15, 0.2) is 35.2 Å². The van der Waals surface area contributed by atoms with Gasteiger partial charge in [-0.3, -0.25) is 4.79 Å². The third kappa shape index (κ3) is 3.37. The molecule has 1 aliphatic heterocycles. The largest absolute Gasteiger partial charge is 0.490 e. The summed E-state index contributed by atoms with van der Waals surface area (Å²) in [7, 11) is -4.02. The molecule has 10 heteroatoms. The number of sulfonamides is 1. The molecule has 2 aromatic rings. The van der Waals surface area contributed by atoms with Gasteiger partial charge in [0.2, 0.25) is 10.0 Å². The van der Waals surface area contributed by atoms with E-state index in [-0.39, 0.29) is 12.3 Å². The Hall–Kier alpha value is -2.59. The fourth-order valence-corrected chi connectivity index (χ4v) is 3.82. The topological polar surface area (TPSA) is 84.5 Å². The van der Waals surface area contributed by atoms with Crippen LogP contribution in [0.3, 0.4) is 0 Å². The van der Waals surface area contributed by atoms with E-state index in [9.17, 15) is 26.4 Å². The molecule has 1 unspecified atom stereocenters. The van der Waals surface area contributed by atoms with Gasteiger partial charge in [0.25, 0.3) is 5.91 Å². The highest BCUT2D eigenvalue weighted by Gasteiger charge is 2.32. The Morgan fingerprint density at radius 2 is 1.85 bits per heavy atom. The molecule has 26 heavy (non-hydrogen) atoms. The molecule has 3 rings (SSSR count). The Bertz CT molecular complexity index is 995. The fraction of sp³-hybridized carbons (Fsp3) is 0.188. The lowest BCUT2D eigenvalue weighted by Gasteiger charge is -2.13. The minimum atomic E-state index is -4.02. The van der Waals surface area contributed by atoms with Gasteiger partial charge in [-0.2, -0.15) is 0 Å². The van der Waals surface area contributed by atoms with Crippen molar-refractivity contribution in [1.82, 2.24) is 4.72 Å². The van der Waals surface area contributed by atoms with E-state index in [1.165, 1.54) is 0 Å². The van der Waals surface area contributed by atoms with Crippen LogP contribution in [0.1, 0.15) is 17.3 Å². The Balaban J connectivity index is 2.05. The molecule has 0 fully saturated rings. The molecule has 0 spiro atoms. The molecule has 0 aromatic heterocycles. The lowest BCUT2D eigenvalue weighted by atomic mass is 10.1. The highest BCUT2D eigenvalue weighted by molar-refractivity contribution is 7.89. The summed E-state index contributed by atoms with van der Waals surface area (Å²) in [5.74, 6) is -4.84. The predicted octanol–water partition coefficient (Wildman–Crippen LogP) is 2.42. The van der Waals surface area contributed by atoms with Crippen LogP contribution in [-0.2, 0) is 10.0 Å². The van der Waals surface area contributed by atoms with Crippen molar-refractivity contribution >= 4 is 21.6 Å². The van der Waals surface area contributed by atoms with Crippen LogP contribution < -0.4 is 14.8 Å². The summed E-state index contributed by atoms with van der Waals surface area (Å²) in [6.45, 7) is 1.42. The minimum Gasteiger partial charge on any atom is -0.490 e. The number of carbonyl (C=O) groups is 1. The number of ether oxygens (including phenoxy) is 1. The monoisotopic (exact) mass is 386 g/mol. The quantitative estimate of drug-likeness (QED) is 0.830. The van der Waals surface area contributed by atoms with E-state index in [0.29, 0.717) is 6.07 Å². The van der Waals surface area contributed by atoms with E-state index >= 15 is 0 Å². The second-order valence-corrected chi connectivity index (χ2v) is 7.35. The summed E-state index contributed by atoms with van der Waals surface area (Å²) in [6.07, 6.45) is 0. The Labute approximate surface area is 147 Å². The fourth-order valence-electron chi connectivity index (χ4n) is 2.44. The molecule has 2 aromatic carbocycles. The summed E-state index contributed by atoms with van der Waals surface area (Å²) in [5, 5.41) is 2.20. The Morgan fingerprint density at radius 1 is 1.15 bits per heavy atom. The normalized spacial score (nSPS) is 18.4. The molecule has 1 heterocycles. The first-order chi connectivity index (χ1) is 12.2. The second-order valence-electron chi connectivity index (χ2n) is 5.67. The van der Waals surface area contributed by atoms with E-state index in [1.807, 2.05) is 0 Å². The number of amides is 1. The molecular weight excluding hydrogens is 373 g/mol. The van der Waals surface area contributed by atoms with Crippen LogP contribution in [0, 0.1) is 17.5 Å². The first kappa shape index (κ1) is 18.2. The lowest BCUT2D eigenvalue weighted by Crippen LogP contribution is -2.33. The number of carbonyl (C=O) groups excluding carboxylic acids is 1. The van der Waals surface area contributed by atoms with Crippen LogP contribution >= 0.6 is 0 Å². The number of halogens is 3. The third-order valence-electron chi connectivity index (χ3n) is 3.60.